The molecular weight excluding hydrogens is 925 g/mol. The van der Waals surface area contributed by atoms with Gasteiger partial charge in [-0.2, -0.15) is 0 Å². The standard InChI is InChI=1S/C72H48N2O2/c1-3-15-45(16-4-1)47-29-34-52(35-30-47)73(53-36-31-48(32-37-53)55-22-13-24-61-57-20-8-11-27-67(57)75-71(55)61)54-42-50(46-17-5-2-6-18-46)41-51(43-54)49-33-40-66-64(44-49)59-38-39-62-58-21-9-12-28-68(58)76-72(62)69(59)63-25-14-23-60-56-19-7-10-26-65(56)74(66)70(60)63/h1,3,5,7-15,17-44H,2,4,6,16H2. The first-order valence-electron chi connectivity index (χ1n) is 26.6. The van der Waals surface area contributed by atoms with E-state index in [-0.39, 0.29) is 0 Å². The third-order valence-electron chi connectivity index (χ3n) is 16.2. The summed E-state index contributed by atoms with van der Waals surface area (Å²) >= 11 is 0. The molecule has 0 spiro atoms. The number of benzene rings is 10. The van der Waals surface area contributed by atoms with Crippen LogP contribution in [0.5, 0.6) is 0 Å². The van der Waals surface area contributed by atoms with Crippen LogP contribution in [0.4, 0.5) is 17.1 Å². The van der Waals surface area contributed by atoms with Gasteiger partial charge in [0.25, 0.3) is 0 Å². The van der Waals surface area contributed by atoms with E-state index in [4.69, 9.17) is 8.83 Å². The number of nitrogens with zero attached hydrogens (tertiary/aromatic N) is 2. The van der Waals surface area contributed by atoms with Crippen LogP contribution in [-0.2, 0) is 0 Å². The molecular formula is C72H48N2O2. The lowest BCUT2D eigenvalue weighted by atomic mass is 9.89. The fourth-order valence-electron chi connectivity index (χ4n) is 12.7. The van der Waals surface area contributed by atoms with Gasteiger partial charge in [-0.15, -0.1) is 0 Å². The molecule has 0 N–H and O–H groups in total. The van der Waals surface area contributed by atoms with Gasteiger partial charge in [0.1, 0.15) is 22.3 Å². The number of anilines is 3. The van der Waals surface area contributed by atoms with Crippen molar-refractivity contribution in [3.63, 3.8) is 0 Å². The second kappa shape index (κ2) is 17.0. The Morgan fingerprint density at radius 3 is 1.84 bits per heavy atom. The van der Waals surface area contributed by atoms with Crippen LogP contribution in [0.25, 0.3) is 127 Å². The molecule has 76 heavy (non-hydrogen) atoms. The van der Waals surface area contributed by atoms with Gasteiger partial charge in [-0.1, -0.05) is 164 Å². The molecule has 0 atom stereocenters. The molecule has 0 saturated carbocycles. The van der Waals surface area contributed by atoms with Crippen molar-refractivity contribution in [3.8, 4) is 50.2 Å². The molecule has 1 aliphatic heterocycles. The SMILES string of the molecule is C1=CCCC(c2ccc(N(c3ccc(-c4cccc5c4oc4ccccc45)cc3)c3cc(C4=CCCC=C4)cc(-c4ccc5c(c4)-c4ccc6c(oc7ccccc76)c4-c4cccc6c7ccccc7n-5c46)c3)cc2)=C1. The Kier molecular flexibility index (Phi) is 9.55. The Balaban J connectivity index is 0.906. The molecule has 3 aliphatic rings. The minimum atomic E-state index is 0.896. The average Bonchev–Trinajstić information content (AvgIpc) is 4.19. The van der Waals surface area contributed by atoms with Gasteiger partial charge in [0.15, 0.2) is 0 Å². The number of allylic oxidation sites excluding steroid dienone is 8. The zero-order chi connectivity index (χ0) is 49.8. The minimum absolute atomic E-state index is 0.896. The van der Waals surface area contributed by atoms with Crippen LogP contribution in [0.15, 0.2) is 252 Å². The van der Waals surface area contributed by atoms with Gasteiger partial charge in [0.05, 0.1) is 16.7 Å². The van der Waals surface area contributed by atoms with E-state index in [2.05, 4.69) is 246 Å². The van der Waals surface area contributed by atoms with Crippen LogP contribution in [0.2, 0.25) is 0 Å². The summed E-state index contributed by atoms with van der Waals surface area (Å²) in [4.78, 5) is 2.43. The summed E-state index contributed by atoms with van der Waals surface area (Å²) in [5.41, 5.74) is 24.5. The number of rotatable bonds is 7. The van der Waals surface area contributed by atoms with Crippen LogP contribution in [0.3, 0.4) is 0 Å². The molecule has 4 heteroatoms. The normalized spacial score (nSPS) is 13.9. The predicted octanol–water partition coefficient (Wildman–Crippen LogP) is 20.5. The highest BCUT2D eigenvalue weighted by molar-refractivity contribution is 6.21. The number of fused-ring (bicyclic) bond motifs is 15. The highest BCUT2D eigenvalue weighted by Crippen LogP contribution is 2.52. The molecule has 2 aliphatic carbocycles. The van der Waals surface area contributed by atoms with Crippen molar-refractivity contribution in [3.05, 3.63) is 254 Å². The summed E-state index contributed by atoms with van der Waals surface area (Å²) in [6, 6.07) is 75.9. The predicted molar refractivity (Wildman–Crippen MR) is 318 cm³/mol. The summed E-state index contributed by atoms with van der Waals surface area (Å²) < 4.78 is 16.0. The van der Waals surface area contributed by atoms with Crippen molar-refractivity contribution in [1.82, 2.24) is 4.57 Å². The van der Waals surface area contributed by atoms with Crippen LogP contribution < -0.4 is 4.90 Å². The Hall–Kier alpha value is -9.64. The number of aromatic nitrogens is 1. The zero-order valence-electron chi connectivity index (χ0n) is 41.6. The first-order valence-corrected chi connectivity index (χ1v) is 26.6. The summed E-state index contributed by atoms with van der Waals surface area (Å²) in [5, 5.41) is 6.98. The van der Waals surface area contributed by atoms with Gasteiger partial charge < -0.3 is 18.3 Å². The number of para-hydroxylation sites is 5. The average molecular weight is 973 g/mol. The second-order valence-electron chi connectivity index (χ2n) is 20.5. The molecule has 0 saturated heterocycles. The van der Waals surface area contributed by atoms with Gasteiger partial charge in [-0.25, -0.2) is 0 Å². The van der Waals surface area contributed by atoms with E-state index < -0.39 is 0 Å². The molecule has 4 nitrogen and oxygen atoms in total. The maximum Gasteiger partial charge on any atom is 0.143 e. The highest BCUT2D eigenvalue weighted by atomic mass is 16.3. The van der Waals surface area contributed by atoms with Crippen molar-refractivity contribution in [2.45, 2.75) is 25.7 Å². The van der Waals surface area contributed by atoms with Crippen molar-refractivity contribution in [1.29, 1.82) is 0 Å². The maximum atomic E-state index is 6.93. The first-order chi connectivity index (χ1) is 37.7. The van der Waals surface area contributed by atoms with Crippen molar-refractivity contribution < 1.29 is 8.83 Å². The molecule has 0 bridgehead atoms. The molecule has 0 unspecified atom stereocenters. The molecule has 10 aromatic carbocycles. The molecule has 16 rings (SSSR count). The third-order valence-corrected chi connectivity index (χ3v) is 16.2. The van der Waals surface area contributed by atoms with Crippen molar-refractivity contribution in [2.75, 3.05) is 4.90 Å². The van der Waals surface area contributed by atoms with Crippen molar-refractivity contribution >= 4 is 93.9 Å². The van der Waals surface area contributed by atoms with Gasteiger partial charge in [0.2, 0.25) is 0 Å². The lowest BCUT2D eigenvalue weighted by Crippen LogP contribution is -2.11. The smallest absolute Gasteiger partial charge is 0.143 e. The largest absolute Gasteiger partial charge is 0.455 e. The molecule has 0 radical (unpaired) electrons. The molecule has 3 aromatic heterocycles. The van der Waals surface area contributed by atoms with E-state index in [9.17, 15) is 0 Å². The summed E-state index contributed by atoms with van der Waals surface area (Å²) in [6.07, 6.45) is 17.9. The Morgan fingerprint density at radius 2 is 1.08 bits per heavy atom. The first kappa shape index (κ1) is 42.8. The fraction of sp³-hybridized carbons (Fsp3) is 0.0556. The van der Waals surface area contributed by atoms with Gasteiger partial charge in [-0.05, 0) is 149 Å². The molecule has 358 valence electrons. The minimum Gasteiger partial charge on any atom is -0.455 e. The van der Waals surface area contributed by atoms with E-state index in [1.54, 1.807) is 0 Å². The number of hydrogen-bond donors (Lipinski definition) is 0. The summed E-state index contributed by atoms with van der Waals surface area (Å²) in [7, 11) is 0. The quantitative estimate of drug-likeness (QED) is 0.160. The van der Waals surface area contributed by atoms with E-state index in [1.165, 1.54) is 49.6 Å². The van der Waals surface area contributed by atoms with E-state index >= 15 is 0 Å². The van der Waals surface area contributed by atoms with Crippen LogP contribution in [0.1, 0.15) is 36.8 Å². The molecule has 4 heterocycles. The van der Waals surface area contributed by atoms with E-state index in [0.717, 1.165) is 131 Å². The molecule has 13 aromatic rings. The fourth-order valence-corrected chi connectivity index (χ4v) is 12.7. The van der Waals surface area contributed by atoms with Crippen molar-refractivity contribution in [2.24, 2.45) is 0 Å². The lowest BCUT2D eigenvalue weighted by Gasteiger charge is -2.28. The van der Waals surface area contributed by atoms with Crippen LogP contribution >= 0.6 is 0 Å². The van der Waals surface area contributed by atoms with E-state index in [1.807, 2.05) is 6.07 Å². The molecule has 0 amide bonds. The van der Waals surface area contributed by atoms with E-state index in [0.29, 0.717) is 0 Å². The molecule has 0 fully saturated rings. The van der Waals surface area contributed by atoms with Gasteiger partial charge >= 0.3 is 0 Å². The number of furan rings is 2. The number of hydrogen-bond acceptors (Lipinski definition) is 3. The zero-order valence-corrected chi connectivity index (χ0v) is 41.6. The topological polar surface area (TPSA) is 34.5 Å². The summed E-state index contributed by atoms with van der Waals surface area (Å²) in [6.45, 7) is 0. The Bertz CT molecular complexity index is 4680. The summed E-state index contributed by atoms with van der Waals surface area (Å²) in [5.74, 6) is 0. The Morgan fingerprint density at radius 1 is 0.408 bits per heavy atom. The van der Waals surface area contributed by atoms with Crippen LogP contribution in [-0.4, -0.2) is 4.57 Å². The van der Waals surface area contributed by atoms with Gasteiger partial charge in [-0.3, -0.25) is 0 Å². The maximum absolute atomic E-state index is 6.93. The van der Waals surface area contributed by atoms with Crippen LogP contribution in [0, 0.1) is 0 Å². The lowest BCUT2D eigenvalue weighted by molar-refractivity contribution is 0.669. The Labute approximate surface area is 439 Å². The highest BCUT2D eigenvalue weighted by Gasteiger charge is 2.29. The third kappa shape index (κ3) is 6.63. The van der Waals surface area contributed by atoms with Gasteiger partial charge in [0, 0.05) is 71.6 Å². The monoisotopic (exact) mass is 972 g/mol. The second-order valence-corrected chi connectivity index (χ2v) is 20.5.